The number of rotatable bonds is 6. The topological polar surface area (TPSA) is 81.1 Å². The molecule has 0 unspecified atom stereocenters. The first-order valence-corrected chi connectivity index (χ1v) is 11.9. The maximum absolute atomic E-state index is 13.4. The van der Waals surface area contributed by atoms with E-state index in [1.807, 2.05) is 90.5 Å². The number of fused-ring (bicyclic) bond motifs is 1. The molecule has 2 atom stereocenters. The van der Waals surface area contributed by atoms with Crippen molar-refractivity contribution >= 4 is 23.4 Å². The predicted molar refractivity (Wildman–Crippen MR) is 134 cm³/mol. The number of benzene rings is 3. The predicted octanol–water partition coefficient (Wildman–Crippen LogP) is 4.87. The number of nitrogens with zero attached hydrogens (tertiary/aromatic N) is 3. The van der Waals surface area contributed by atoms with Gasteiger partial charge in [0.15, 0.2) is 5.82 Å². The van der Waals surface area contributed by atoms with E-state index >= 15 is 0 Å². The van der Waals surface area contributed by atoms with E-state index < -0.39 is 5.25 Å². The van der Waals surface area contributed by atoms with E-state index in [0.717, 1.165) is 22.6 Å². The largest absolute Gasteiger partial charge is 0.486 e. The summed E-state index contributed by atoms with van der Waals surface area (Å²) >= 11 is 1.40. The van der Waals surface area contributed by atoms with Crippen molar-refractivity contribution in [3.05, 3.63) is 101 Å². The molecule has 4 aromatic rings. The number of hydrogen-bond acceptors (Lipinski definition) is 6. The van der Waals surface area contributed by atoms with Crippen LogP contribution in [0.5, 0.6) is 5.75 Å². The lowest BCUT2D eigenvalue weighted by atomic mass is 10.0. The first-order valence-electron chi connectivity index (χ1n) is 11.1. The Morgan fingerprint density at radius 2 is 1.74 bits per heavy atom. The van der Waals surface area contributed by atoms with Gasteiger partial charge in [0.05, 0.1) is 6.04 Å². The van der Waals surface area contributed by atoms with Crippen LogP contribution in [0.2, 0.25) is 0 Å². The maximum Gasteiger partial charge on any atom is 0.240 e. The molecule has 2 heterocycles. The van der Waals surface area contributed by atoms with Crippen molar-refractivity contribution in [2.75, 3.05) is 10.7 Å². The number of carbonyl (C=O) groups excluding carboxylic acids is 1. The van der Waals surface area contributed by atoms with Crippen molar-refractivity contribution in [2.45, 2.75) is 36.9 Å². The van der Waals surface area contributed by atoms with E-state index in [1.54, 1.807) is 0 Å². The van der Waals surface area contributed by atoms with Crippen LogP contribution < -0.4 is 15.5 Å². The zero-order chi connectivity index (χ0) is 23.5. The van der Waals surface area contributed by atoms with Gasteiger partial charge >= 0.3 is 0 Å². The van der Waals surface area contributed by atoms with Gasteiger partial charge < -0.3 is 15.5 Å². The highest BCUT2D eigenvalue weighted by atomic mass is 32.2. The van der Waals surface area contributed by atoms with Crippen LogP contribution in [0.1, 0.15) is 28.6 Å². The molecule has 2 N–H and O–H groups in total. The number of anilines is 1. The van der Waals surface area contributed by atoms with Gasteiger partial charge in [0, 0.05) is 5.69 Å². The number of nitrogens with one attached hydrogen (secondary N) is 2. The standard InChI is InChI=1S/C26H25N5O2S/c1-17-13-14-20(15-18(17)2)27-25(32)24-23(19-9-5-3-6-10-19)30-31-22(28-29-26(31)34-24)16-33-21-11-7-4-8-12-21/h3-15,23-24,30H,16H2,1-2H3,(H,27,32)/t23-,24-/m1/s1. The fourth-order valence-corrected chi connectivity index (χ4v) is 4.90. The Labute approximate surface area is 202 Å². The molecule has 0 saturated carbocycles. The first-order chi connectivity index (χ1) is 16.6. The zero-order valence-corrected chi connectivity index (χ0v) is 19.8. The van der Waals surface area contributed by atoms with Crippen LogP contribution in [0, 0.1) is 13.8 Å². The van der Waals surface area contributed by atoms with E-state index in [2.05, 4.69) is 27.9 Å². The minimum Gasteiger partial charge on any atom is -0.486 e. The fraction of sp³-hybridized carbons (Fsp3) is 0.192. The second kappa shape index (κ2) is 9.61. The minimum absolute atomic E-state index is 0.0917. The molecule has 7 nitrogen and oxygen atoms in total. The third kappa shape index (κ3) is 4.63. The first kappa shape index (κ1) is 22.0. The highest BCUT2D eigenvalue weighted by Gasteiger charge is 2.38. The van der Waals surface area contributed by atoms with Crippen LogP contribution in [0.15, 0.2) is 84.0 Å². The van der Waals surface area contributed by atoms with Crippen molar-refractivity contribution in [3.63, 3.8) is 0 Å². The van der Waals surface area contributed by atoms with Gasteiger partial charge in [-0.05, 0) is 54.8 Å². The molecule has 1 aliphatic heterocycles. The van der Waals surface area contributed by atoms with Gasteiger partial charge in [0.25, 0.3) is 0 Å². The van der Waals surface area contributed by atoms with Gasteiger partial charge in [-0.15, -0.1) is 10.2 Å². The molecule has 8 heteroatoms. The maximum atomic E-state index is 13.4. The molecule has 1 aromatic heterocycles. The molecule has 0 fully saturated rings. The molecule has 1 amide bonds. The van der Waals surface area contributed by atoms with E-state index in [-0.39, 0.29) is 18.6 Å². The van der Waals surface area contributed by atoms with Crippen LogP contribution in [0.3, 0.4) is 0 Å². The van der Waals surface area contributed by atoms with Crippen LogP contribution in [0.25, 0.3) is 0 Å². The van der Waals surface area contributed by atoms with Crippen LogP contribution in [0.4, 0.5) is 5.69 Å². The Hall–Kier alpha value is -3.78. The average molecular weight is 472 g/mol. The Balaban J connectivity index is 1.40. The van der Waals surface area contributed by atoms with Gasteiger partial charge in [0.1, 0.15) is 17.6 Å². The van der Waals surface area contributed by atoms with E-state index in [1.165, 1.54) is 17.3 Å². The minimum atomic E-state index is -0.441. The Bertz CT molecular complexity index is 1290. The van der Waals surface area contributed by atoms with Crippen LogP contribution >= 0.6 is 11.8 Å². The molecule has 0 spiro atoms. The number of carbonyl (C=O) groups is 1. The summed E-state index contributed by atoms with van der Waals surface area (Å²) in [6, 6.07) is 25.2. The number of para-hydroxylation sites is 1. The molecule has 1 aliphatic rings. The number of ether oxygens (including phenoxy) is 1. The lowest BCUT2D eigenvalue weighted by Crippen LogP contribution is -2.41. The molecule has 0 radical (unpaired) electrons. The molecule has 0 saturated heterocycles. The van der Waals surface area contributed by atoms with Crippen molar-refractivity contribution in [1.82, 2.24) is 14.9 Å². The summed E-state index contributed by atoms with van der Waals surface area (Å²) in [6.45, 7) is 4.35. The van der Waals surface area contributed by atoms with E-state index in [4.69, 9.17) is 4.74 Å². The summed E-state index contributed by atoms with van der Waals surface area (Å²) < 4.78 is 7.70. The van der Waals surface area contributed by atoms with E-state index in [9.17, 15) is 4.79 Å². The summed E-state index contributed by atoms with van der Waals surface area (Å²) in [5.41, 5.74) is 7.57. The lowest BCUT2D eigenvalue weighted by molar-refractivity contribution is -0.116. The molecular formula is C26H25N5O2S. The van der Waals surface area contributed by atoms with Crippen LogP contribution in [-0.4, -0.2) is 26.0 Å². The number of amides is 1. The summed E-state index contributed by atoms with van der Waals surface area (Å²) in [5.74, 6) is 1.31. The van der Waals surface area contributed by atoms with Gasteiger partial charge in [-0.25, -0.2) is 4.68 Å². The molecule has 5 rings (SSSR count). The Morgan fingerprint density at radius 1 is 1.00 bits per heavy atom. The smallest absolute Gasteiger partial charge is 0.240 e. The quantitative estimate of drug-likeness (QED) is 0.418. The normalized spacial score (nSPS) is 16.9. The lowest BCUT2D eigenvalue weighted by Gasteiger charge is -2.33. The Morgan fingerprint density at radius 3 is 2.47 bits per heavy atom. The van der Waals surface area contributed by atoms with Gasteiger partial charge in [0.2, 0.25) is 11.1 Å². The summed E-state index contributed by atoms with van der Waals surface area (Å²) in [4.78, 5) is 13.4. The monoisotopic (exact) mass is 471 g/mol. The number of hydrogen-bond donors (Lipinski definition) is 2. The summed E-state index contributed by atoms with van der Waals surface area (Å²) in [6.07, 6.45) is 0. The highest BCUT2D eigenvalue weighted by Crippen LogP contribution is 2.37. The fourth-order valence-electron chi connectivity index (χ4n) is 3.80. The molecular weight excluding hydrogens is 446 g/mol. The van der Waals surface area contributed by atoms with Crippen molar-refractivity contribution in [3.8, 4) is 5.75 Å². The van der Waals surface area contributed by atoms with Crippen molar-refractivity contribution < 1.29 is 9.53 Å². The summed E-state index contributed by atoms with van der Waals surface area (Å²) in [5, 5.41) is 11.9. The number of aromatic nitrogens is 3. The van der Waals surface area contributed by atoms with Gasteiger partial charge in [-0.2, -0.15) is 0 Å². The molecule has 0 aliphatic carbocycles. The molecule has 172 valence electrons. The summed E-state index contributed by atoms with van der Waals surface area (Å²) in [7, 11) is 0. The van der Waals surface area contributed by atoms with Gasteiger partial charge in [-0.3, -0.25) is 4.79 Å². The van der Waals surface area contributed by atoms with Crippen molar-refractivity contribution in [2.24, 2.45) is 0 Å². The third-order valence-electron chi connectivity index (χ3n) is 5.81. The SMILES string of the molecule is Cc1ccc(NC(=O)[C@@H]2Sc3nnc(COc4ccccc4)n3N[C@@H]2c2ccccc2)cc1C. The number of thioether (sulfide) groups is 1. The molecule has 3 aromatic carbocycles. The Kier molecular flexibility index (Phi) is 6.22. The highest BCUT2D eigenvalue weighted by molar-refractivity contribution is 8.00. The number of aryl methyl sites for hydroxylation is 2. The van der Waals surface area contributed by atoms with E-state index in [0.29, 0.717) is 11.0 Å². The molecule has 34 heavy (non-hydrogen) atoms. The van der Waals surface area contributed by atoms with Gasteiger partial charge in [-0.1, -0.05) is 66.4 Å². The molecule has 0 bridgehead atoms. The van der Waals surface area contributed by atoms with Crippen molar-refractivity contribution in [1.29, 1.82) is 0 Å². The zero-order valence-electron chi connectivity index (χ0n) is 18.9. The second-order valence-corrected chi connectivity index (χ2v) is 9.29. The van der Waals surface area contributed by atoms with Crippen LogP contribution in [-0.2, 0) is 11.4 Å². The third-order valence-corrected chi connectivity index (χ3v) is 7.02. The average Bonchev–Trinajstić information content (AvgIpc) is 3.27. The second-order valence-electron chi connectivity index (χ2n) is 8.18.